The molecule has 29 heavy (non-hydrogen) atoms. The molecule has 0 bridgehead atoms. The van der Waals surface area contributed by atoms with Crippen LogP contribution < -0.4 is 15.5 Å². The lowest BCUT2D eigenvalue weighted by Crippen LogP contribution is -2.12. The molecule has 0 atom stereocenters. The van der Waals surface area contributed by atoms with Gasteiger partial charge in [0.1, 0.15) is 17.1 Å². The number of rotatable bonds is 5. The van der Waals surface area contributed by atoms with Gasteiger partial charge in [-0.1, -0.05) is 18.2 Å². The maximum absolute atomic E-state index is 12.7. The van der Waals surface area contributed by atoms with E-state index < -0.39 is 0 Å². The van der Waals surface area contributed by atoms with E-state index >= 15 is 0 Å². The lowest BCUT2D eigenvalue weighted by Gasteiger charge is -2.08. The van der Waals surface area contributed by atoms with Gasteiger partial charge in [0.2, 0.25) is 0 Å². The first kappa shape index (κ1) is 18.5. The summed E-state index contributed by atoms with van der Waals surface area (Å²) in [5.41, 5.74) is 2.15. The molecule has 0 fully saturated rings. The van der Waals surface area contributed by atoms with E-state index in [0.717, 1.165) is 11.3 Å². The van der Waals surface area contributed by atoms with Crippen LogP contribution in [0.25, 0.3) is 22.3 Å². The van der Waals surface area contributed by atoms with Crippen LogP contribution in [0.4, 0.5) is 5.69 Å². The monoisotopic (exact) mass is 385 g/mol. The van der Waals surface area contributed by atoms with E-state index in [1.807, 2.05) is 37.3 Å². The molecule has 0 aliphatic rings. The van der Waals surface area contributed by atoms with Gasteiger partial charge in [0, 0.05) is 22.9 Å². The molecule has 5 nitrogen and oxygen atoms in total. The van der Waals surface area contributed by atoms with Crippen molar-refractivity contribution in [2.24, 2.45) is 0 Å². The summed E-state index contributed by atoms with van der Waals surface area (Å²) in [5.74, 6) is 1.00. The van der Waals surface area contributed by atoms with E-state index in [9.17, 15) is 9.59 Å². The van der Waals surface area contributed by atoms with Crippen LogP contribution in [0.1, 0.15) is 17.3 Å². The van der Waals surface area contributed by atoms with Gasteiger partial charge in [-0.25, -0.2) is 0 Å². The van der Waals surface area contributed by atoms with Crippen molar-refractivity contribution in [2.45, 2.75) is 6.92 Å². The zero-order chi connectivity index (χ0) is 20.2. The van der Waals surface area contributed by atoms with Crippen LogP contribution in [-0.4, -0.2) is 12.5 Å². The van der Waals surface area contributed by atoms with E-state index in [0.29, 0.717) is 34.6 Å². The van der Waals surface area contributed by atoms with E-state index in [2.05, 4.69) is 5.32 Å². The first-order valence-corrected chi connectivity index (χ1v) is 9.31. The Labute approximate surface area is 167 Å². The molecule has 1 N–H and O–H groups in total. The number of hydrogen-bond acceptors (Lipinski definition) is 4. The first-order chi connectivity index (χ1) is 14.1. The second-order valence-corrected chi connectivity index (χ2v) is 6.46. The summed E-state index contributed by atoms with van der Waals surface area (Å²) in [7, 11) is 0. The number of benzene rings is 3. The summed E-state index contributed by atoms with van der Waals surface area (Å²) in [4.78, 5) is 25.0. The molecule has 0 saturated carbocycles. The fraction of sp³-hybridized carbons (Fsp3) is 0.0833. The van der Waals surface area contributed by atoms with E-state index in [4.69, 9.17) is 9.15 Å². The van der Waals surface area contributed by atoms with Crippen LogP contribution in [0.2, 0.25) is 0 Å². The lowest BCUT2D eigenvalue weighted by molar-refractivity contribution is 0.102. The predicted octanol–water partition coefficient (Wildman–Crippen LogP) is 5.11. The summed E-state index contributed by atoms with van der Waals surface area (Å²) >= 11 is 0. The number of hydrogen-bond donors (Lipinski definition) is 1. The Bertz CT molecular complexity index is 1210. The normalized spacial score (nSPS) is 10.7. The first-order valence-electron chi connectivity index (χ1n) is 9.31. The molecule has 0 unspecified atom stereocenters. The van der Waals surface area contributed by atoms with Crippen LogP contribution >= 0.6 is 0 Å². The minimum Gasteiger partial charge on any atom is -0.494 e. The van der Waals surface area contributed by atoms with Crippen LogP contribution in [0.15, 0.2) is 88.1 Å². The summed E-state index contributed by atoms with van der Waals surface area (Å²) in [6, 6.07) is 22.8. The largest absolute Gasteiger partial charge is 0.494 e. The van der Waals surface area contributed by atoms with Crippen molar-refractivity contribution in [3.05, 3.63) is 94.6 Å². The molecule has 5 heteroatoms. The van der Waals surface area contributed by atoms with Gasteiger partial charge in [-0.2, -0.15) is 0 Å². The van der Waals surface area contributed by atoms with Gasteiger partial charge < -0.3 is 14.5 Å². The Hall–Kier alpha value is -3.86. The lowest BCUT2D eigenvalue weighted by atomic mass is 10.1. The number of anilines is 1. The van der Waals surface area contributed by atoms with Gasteiger partial charge in [0.25, 0.3) is 5.91 Å². The van der Waals surface area contributed by atoms with E-state index in [1.165, 1.54) is 6.07 Å². The summed E-state index contributed by atoms with van der Waals surface area (Å²) < 4.78 is 11.4. The second kappa shape index (κ2) is 8.02. The average Bonchev–Trinajstić information content (AvgIpc) is 2.75. The molecule has 0 aliphatic heterocycles. The van der Waals surface area contributed by atoms with Crippen molar-refractivity contribution in [2.75, 3.05) is 11.9 Å². The SMILES string of the molecule is CCOc1ccc(-c2cc(=O)c3cc(NC(=O)c4ccccc4)ccc3o2)cc1. The number of carbonyl (C=O) groups is 1. The molecule has 3 aromatic carbocycles. The smallest absolute Gasteiger partial charge is 0.255 e. The highest BCUT2D eigenvalue weighted by atomic mass is 16.5. The third-order valence-electron chi connectivity index (χ3n) is 4.47. The van der Waals surface area contributed by atoms with Crippen molar-refractivity contribution < 1.29 is 13.9 Å². The maximum Gasteiger partial charge on any atom is 0.255 e. The fourth-order valence-electron chi connectivity index (χ4n) is 3.05. The quantitative estimate of drug-likeness (QED) is 0.518. The maximum atomic E-state index is 12.7. The summed E-state index contributed by atoms with van der Waals surface area (Å²) in [6.07, 6.45) is 0. The molecule has 144 valence electrons. The number of carbonyl (C=O) groups excluding carboxylic acids is 1. The van der Waals surface area contributed by atoms with Crippen LogP contribution in [0.3, 0.4) is 0 Å². The van der Waals surface area contributed by atoms with Crippen LogP contribution in [0, 0.1) is 0 Å². The van der Waals surface area contributed by atoms with Crippen molar-refractivity contribution in [3.8, 4) is 17.1 Å². The fourth-order valence-corrected chi connectivity index (χ4v) is 3.05. The van der Waals surface area contributed by atoms with Crippen LogP contribution in [-0.2, 0) is 0 Å². The molecule has 0 aliphatic carbocycles. The summed E-state index contributed by atoms with van der Waals surface area (Å²) in [6.45, 7) is 2.51. The number of ether oxygens (including phenoxy) is 1. The number of amides is 1. The minimum absolute atomic E-state index is 0.175. The molecule has 1 aromatic heterocycles. The Balaban J connectivity index is 1.63. The molecule has 0 saturated heterocycles. The van der Waals surface area contributed by atoms with Crippen LogP contribution in [0.5, 0.6) is 5.75 Å². The molecular formula is C24H19NO4. The second-order valence-electron chi connectivity index (χ2n) is 6.46. The zero-order valence-corrected chi connectivity index (χ0v) is 15.8. The highest BCUT2D eigenvalue weighted by molar-refractivity contribution is 6.05. The third-order valence-corrected chi connectivity index (χ3v) is 4.47. The van der Waals surface area contributed by atoms with Crippen molar-refractivity contribution in [1.82, 2.24) is 0 Å². The molecule has 0 spiro atoms. The highest BCUT2D eigenvalue weighted by Crippen LogP contribution is 2.25. The Morgan fingerprint density at radius 1 is 0.966 bits per heavy atom. The highest BCUT2D eigenvalue weighted by Gasteiger charge is 2.10. The van der Waals surface area contributed by atoms with Gasteiger partial charge in [0.05, 0.1) is 12.0 Å². The Morgan fingerprint density at radius 2 is 1.72 bits per heavy atom. The molecular weight excluding hydrogens is 366 g/mol. The van der Waals surface area contributed by atoms with Gasteiger partial charge in [-0.05, 0) is 61.5 Å². The van der Waals surface area contributed by atoms with Gasteiger partial charge in [-0.15, -0.1) is 0 Å². The average molecular weight is 385 g/mol. The Morgan fingerprint density at radius 3 is 2.45 bits per heavy atom. The number of nitrogens with one attached hydrogen (secondary N) is 1. The molecule has 0 radical (unpaired) electrons. The third kappa shape index (κ3) is 4.04. The van der Waals surface area contributed by atoms with Crippen molar-refractivity contribution >= 4 is 22.6 Å². The molecule has 4 rings (SSSR count). The topological polar surface area (TPSA) is 68.5 Å². The Kier molecular flexibility index (Phi) is 5.12. The molecule has 1 amide bonds. The minimum atomic E-state index is -0.236. The van der Waals surface area contributed by atoms with Gasteiger partial charge >= 0.3 is 0 Å². The molecule has 4 aromatic rings. The van der Waals surface area contributed by atoms with Crippen molar-refractivity contribution in [1.29, 1.82) is 0 Å². The van der Waals surface area contributed by atoms with Gasteiger partial charge in [0.15, 0.2) is 5.43 Å². The zero-order valence-electron chi connectivity index (χ0n) is 15.8. The van der Waals surface area contributed by atoms with Gasteiger partial charge in [-0.3, -0.25) is 9.59 Å². The van der Waals surface area contributed by atoms with E-state index in [-0.39, 0.29) is 11.3 Å². The predicted molar refractivity (Wildman–Crippen MR) is 113 cm³/mol. The molecule has 1 heterocycles. The van der Waals surface area contributed by atoms with E-state index in [1.54, 1.807) is 42.5 Å². The van der Waals surface area contributed by atoms with Crippen molar-refractivity contribution in [3.63, 3.8) is 0 Å². The standard InChI is InChI=1S/C24H19NO4/c1-2-28-19-11-8-16(9-12-19)23-15-21(26)20-14-18(10-13-22(20)29-23)25-24(27)17-6-4-3-5-7-17/h3-15H,2H2,1H3,(H,25,27). The number of fused-ring (bicyclic) bond motifs is 1. The summed E-state index contributed by atoms with van der Waals surface area (Å²) in [5, 5.41) is 3.22.